The zero-order chi connectivity index (χ0) is 23.0. The Hall–Kier alpha value is -3.07. The van der Waals surface area contributed by atoms with Gasteiger partial charge in [0.25, 0.3) is 5.91 Å². The lowest BCUT2D eigenvalue weighted by Gasteiger charge is -2.12. The van der Waals surface area contributed by atoms with Gasteiger partial charge in [0.1, 0.15) is 0 Å². The van der Waals surface area contributed by atoms with Crippen LogP contribution in [-0.4, -0.2) is 21.4 Å². The number of aromatic nitrogens is 2. The highest BCUT2D eigenvalue weighted by Gasteiger charge is 2.18. The molecule has 10 heteroatoms. The Balaban J connectivity index is 1.65. The lowest BCUT2D eigenvalue weighted by atomic mass is 10.2. The number of anilines is 3. The number of amides is 2. The van der Waals surface area contributed by atoms with Crippen molar-refractivity contribution >= 4 is 79.3 Å². The van der Waals surface area contributed by atoms with E-state index in [2.05, 4.69) is 31.5 Å². The number of hydrogen-bond donors (Lipinski definition) is 3. The van der Waals surface area contributed by atoms with Crippen molar-refractivity contribution < 1.29 is 9.59 Å². The Morgan fingerprint density at radius 1 is 1.06 bits per heavy atom. The first kappa shape index (κ1) is 22.1. The van der Waals surface area contributed by atoms with E-state index in [1.807, 2.05) is 12.1 Å². The molecule has 7 nitrogen and oxygen atoms in total. The van der Waals surface area contributed by atoms with Gasteiger partial charge in [-0.25, -0.2) is 4.98 Å². The van der Waals surface area contributed by atoms with Crippen LogP contribution >= 0.6 is 39.1 Å². The topological polar surface area (TPSA) is 102 Å². The number of nitrogens with one attached hydrogen (secondary N) is 2. The summed E-state index contributed by atoms with van der Waals surface area (Å²) >= 11 is 16.0. The molecule has 0 spiro atoms. The third-order valence-corrected chi connectivity index (χ3v) is 6.07. The van der Waals surface area contributed by atoms with E-state index in [1.165, 1.54) is 12.1 Å². The summed E-state index contributed by atoms with van der Waals surface area (Å²) in [5, 5.41) is 6.33. The van der Waals surface area contributed by atoms with Gasteiger partial charge >= 0.3 is 0 Å². The molecule has 0 fully saturated rings. The summed E-state index contributed by atoms with van der Waals surface area (Å²) in [5.41, 5.74) is 8.34. The molecule has 0 aliphatic rings. The molecule has 0 bridgehead atoms. The molecule has 2 amide bonds. The highest BCUT2D eigenvalue weighted by molar-refractivity contribution is 9.10. The molecule has 0 radical (unpaired) electrons. The molecular formula is C22H16BrCl2N5O2. The molecule has 0 saturated heterocycles. The van der Waals surface area contributed by atoms with Gasteiger partial charge in [-0.1, -0.05) is 39.1 Å². The van der Waals surface area contributed by atoms with E-state index in [0.29, 0.717) is 33.4 Å². The molecule has 0 atom stereocenters. The van der Waals surface area contributed by atoms with E-state index in [1.54, 1.807) is 41.9 Å². The standard InChI is InChI=1S/C22H16BrCl2N5O2/c1-30-17-9-2-11(21(32)27-13-5-3-12(23)4-6-13)10-16(17)28-22(30)29-19-15(24)8-7-14(18(19)25)20(26)31/h2-10H,1H3,(H2,26,31)(H,27,32)(H,28,29). The van der Waals surface area contributed by atoms with Crippen molar-refractivity contribution in [1.29, 1.82) is 0 Å². The van der Waals surface area contributed by atoms with Crippen LogP contribution in [0.25, 0.3) is 11.0 Å². The third kappa shape index (κ3) is 4.29. The number of rotatable bonds is 5. The monoisotopic (exact) mass is 531 g/mol. The first-order valence-electron chi connectivity index (χ1n) is 9.33. The van der Waals surface area contributed by atoms with Gasteiger partial charge in [-0.15, -0.1) is 0 Å². The third-order valence-electron chi connectivity index (χ3n) is 4.84. The first-order valence-corrected chi connectivity index (χ1v) is 10.9. The van der Waals surface area contributed by atoms with Gasteiger partial charge in [-0.2, -0.15) is 0 Å². The molecule has 4 N–H and O–H groups in total. The number of halogens is 3. The van der Waals surface area contributed by atoms with Crippen LogP contribution < -0.4 is 16.4 Å². The average Bonchev–Trinajstić information content (AvgIpc) is 3.07. The molecule has 1 heterocycles. The minimum atomic E-state index is -0.666. The first-order chi connectivity index (χ1) is 15.2. The van der Waals surface area contributed by atoms with Crippen molar-refractivity contribution in [3.8, 4) is 0 Å². The molecular weight excluding hydrogens is 517 g/mol. The van der Waals surface area contributed by atoms with Crippen molar-refractivity contribution in [1.82, 2.24) is 9.55 Å². The smallest absolute Gasteiger partial charge is 0.255 e. The van der Waals surface area contributed by atoms with E-state index in [4.69, 9.17) is 28.9 Å². The van der Waals surface area contributed by atoms with Crippen LogP contribution in [0.4, 0.5) is 17.3 Å². The summed E-state index contributed by atoms with van der Waals surface area (Å²) in [6.45, 7) is 0. The normalized spacial score (nSPS) is 10.9. The molecule has 4 rings (SSSR count). The number of aryl methyl sites for hydroxylation is 1. The number of nitrogens with two attached hydrogens (primary N) is 1. The van der Waals surface area contributed by atoms with Gasteiger partial charge in [-0.05, 0) is 54.6 Å². The molecule has 0 aliphatic carbocycles. The number of primary amides is 1. The Morgan fingerprint density at radius 3 is 2.47 bits per heavy atom. The number of fused-ring (bicyclic) bond motifs is 1. The second kappa shape index (κ2) is 8.82. The Kier molecular flexibility index (Phi) is 6.10. The SMILES string of the molecule is Cn1c(Nc2c(Cl)ccc(C(N)=O)c2Cl)nc2cc(C(=O)Nc3ccc(Br)cc3)ccc21. The van der Waals surface area contributed by atoms with Crippen LogP contribution in [0.3, 0.4) is 0 Å². The largest absolute Gasteiger partial charge is 0.366 e. The van der Waals surface area contributed by atoms with Gasteiger partial charge < -0.3 is 20.9 Å². The van der Waals surface area contributed by atoms with E-state index >= 15 is 0 Å². The van der Waals surface area contributed by atoms with Crippen LogP contribution in [-0.2, 0) is 7.05 Å². The molecule has 0 aliphatic heterocycles. The fourth-order valence-electron chi connectivity index (χ4n) is 3.16. The van der Waals surface area contributed by atoms with Crippen molar-refractivity contribution in [2.24, 2.45) is 12.8 Å². The molecule has 3 aromatic carbocycles. The van der Waals surface area contributed by atoms with Crippen molar-refractivity contribution in [2.75, 3.05) is 10.6 Å². The van der Waals surface area contributed by atoms with Gasteiger partial charge in [0, 0.05) is 22.8 Å². The van der Waals surface area contributed by atoms with E-state index in [0.717, 1.165) is 9.99 Å². The predicted octanol–water partition coefficient (Wildman–Crippen LogP) is 5.74. The van der Waals surface area contributed by atoms with Crippen LogP contribution in [0, 0.1) is 0 Å². The fraction of sp³-hybridized carbons (Fsp3) is 0.0455. The van der Waals surface area contributed by atoms with E-state index in [9.17, 15) is 9.59 Å². The summed E-state index contributed by atoms with van der Waals surface area (Å²) in [7, 11) is 1.80. The lowest BCUT2D eigenvalue weighted by molar-refractivity contribution is 0.0997. The number of nitrogens with zero attached hydrogens (tertiary/aromatic N) is 2. The lowest BCUT2D eigenvalue weighted by Crippen LogP contribution is -2.12. The second-order valence-corrected chi connectivity index (χ2v) is 8.63. The maximum atomic E-state index is 12.7. The number of hydrogen-bond acceptors (Lipinski definition) is 4. The van der Waals surface area contributed by atoms with Gasteiger partial charge in [-0.3, -0.25) is 9.59 Å². The van der Waals surface area contributed by atoms with Gasteiger partial charge in [0.2, 0.25) is 11.9 Å². The molecule has 0 saturated carbocycles. The summed E-state index contributed by atoms with van der Waals surface area (Å²) in [4.78, 5) is 28.8. The molecule has 0 unspecified atom stereocenters. The Morgan fingerprint density at radius 2 is 1.78 bits per heavy atom. The van der Waals surface area contributed by atoms with E-state index < -0.39 is 5.91 Å². The summed E-state index contributed by atoms with van der Waals surface area (Å²) in [6, 6.07) is 15.5. The maximum Gasteiger partial charge on any atom is 0.255 e. The van der Waals surface area contributed by atoms with Gasteiger partial charge in [0.15, 0.2) is 0 Å². The average molecular weight is 533 g/mol. The molecule has 32 heavy (non-hydrogen) atoms. The van der Waals surface area contributed by atoms with Crippen LogP contribution in [0.2, 0.25) is 10.0 Å². The fourth-order valence-corrected chi connectivity index (χ4v) is 3.98. The number of imidazole rings is 1. The van der Waals surface area contributed by atoms with E-state index in [-0.39, 0.29) is 16.5 Å². The minimum absolute atomic E-state index is 0.103. The van der Waals surface area contributed by atoms with Crippen molar-refractivity contribution in [3.05, 3.63) is 80.2 Å². The second-order valence-electron chi connectivity index (χ2n) is 6.93. The summed E-state index contributed by atoms with van der Waals surface area (Å²) in [5.74, 6) is -0.494. The highest BCUT2D eigenvalue weighted by atomic mass is 79.9. The Bertz CT molecular complexity index is 1370. The van der Waals surface area contributed by atoms with Crippen LogP contribution in [0.5, 0.6) is 0 Å². The number of carbonyl (C=O) groups is 2. The maximum absolute atomic E-state index is 12.7. The van der Waals surface area contributed by atoms with Crippen LogP contribution in [0.15, 0.2) is 59.1 Å². The summed E-state index contributed by atoms with van der Waals surface area (Å²) in [6.07, 6.45) is 0. The quantitative estimate of drug-likeness (QED) is 0.305. The zero-order valence-corrected chi connectivity index (χ0v) is 19.7. The molecule has 162 valence electrons. The number of carbonyl (C=O) groups excluding carboxylic acids is 2. The minimum Gasteiger partial charge on any atom is -0.366 e. The number of benzene rings is 3. The van der Waals surface area contributed by atoms with Gasteiger partial charge in [0.05, 0.1) is 32.3 Å². The Labute approximate surface area is 201 Å². The van der Waals surface area contributed by atoms with Crippen molar-refractivity contribution in [3.63, 3.8) is 0 Å². The van der Waals surface area contributed by atoms with Crippen molar-refractivity contribution in [2.45, 2.75) is 0 Å². The summed E-state index contributed by atoms with van der Waals surface area (Å²) < 4.78 is 2.71. The van der Waals surface area contributed by atoms with Crippen LogP contribution in [0.1, 0.15) is 20.7 Å². The highest BCUT2D eigenvalue weighted by Crippen LogP contribution is 2.35. The zero-order valence-electron chi connectivity index (χ0n) is 16.6. The predicted molar refractivity (Wildman–Crippen MR) is 131 cm³/mol. The molecule has 4 aromatic rings. The molecule has 1 aromatic heterocycles.